The number of benzene rings is 1. The highest BCUT2D eigenvalue weighted by Crippen LogP contribution is 2.19. The first-order chi connectivity index (χ1) is 12.1. The maximum Gasteiger partial charge on any atom is 0.222 e. The summed E-state index contributed by atoms with van der Waals surface area (Å²) in [5, 5.41) is 6.49. The normalized spacial score (nSPS) is 15.5. The van der Waals surface area contributed by atoms with Gasteiger partial charge in [0.15, 0.2) is 5.96 Å². The molecule has 0 fully saturated rings. The molecule has 1 amide bonds. The Kier molecular flexibility index (Phi) is 7.73. The van der Waals surface area contributed by atoms with Gasteiger partial charge in [-0.25, -0.2) is 0 Å². The third-order valence-corrected chi connectivity index (χ3v) is 4.37. The Morgan fingerprint density at radius 2 is 2.12 bits per heavy atom. The molecule has 0 saturated carbocycles. The number of hydrogen-bond donors (Lipinski definition) is 2. The SMILES string of the molecule is CN=C(NCCCC(=O)N1CCc2ccccc2C1)NC(C)COC. The molecule has 1 atom stereocenters. The highest BCUT2D eigenvalue weighted by Gasteiger charge is 2.19. The standard InChI is InChI=1S/C19H30N4O2/c1-15(14-25-3)22-19(20-2)21-11-6-9-18(24)23-12-10-16-7-4-5-8-17(16)13-23/h4-5,7-8,15H,6,9-14H2,1-3H3,(H2,20,21,22). The van der Waals surface area contributed by atoms with Gasteiger partial charge in [0, 0.05) is 46.3 Å². The number of carbonyl (C=O) groups excluding carboxylic acids is 1. The third kappa shape index (κ3) is 6.05. The fourth-order valence-corrected chi connectivity index (χ4v) is 3.03. The molecular formula is C19H30N4O2. The van der Waals surface area contributed by atoms with Gasteiger partial charge in [-0.3, -0.25) is 9.79 Å². The van der Waals surface area contributed by atoms with Gasteiger partial charge in [-0.1, -0.05) is 24.3 Å². The van der Waals surface area contributed by atoms with Crippen LogP contribution in [0, 0.1) is 0 Å². The molecule has 1 aromatic rings. The summed E-state index contributed by atoms with van der Waals surface area (Å²) in [6.07, 6.45) is 2.30. The average molecular weight is 346 g/mol. The lowest BCUT2D eigenvalue weighted by Crippen LogP contribution is -2.44. The van der Waals surface area contributed by atoms with Gasteiger partial charge in [-0.15, -0.1) is 0 Å². The Balaban J connectivity index is 1.69. The van der Waals surface area contributed by atoms with E-state index in [1.807, 2.05) is 17.9 Å². The van der Waals surface area contributed by atoms with Gasteiger partial charge in [-0.05, 0) is 30.9 Å². The zero-order valence-corrected chi connectivity index (χ0v) is 15.5. The van der Waals surface area contributed by atoms with E-state index >= 15 is 0 Å². The zero-order valence-electron chi connectivity index (χ0n) is 15.5. The molecule has 2 N–H and O–H groups in total. The van der Waals surface area contributed by atoms with E-state index in [1.165, 1.54) is 11.1 Å². The van der Waals surface area contributed by atoms with E-state index in [0.29, 0.717) is 13.0 Å². The van der Waals surface area contributed by atoms with Crippen molar-refractivity contribution >= 4 is 11.9 Å². The van der Waals surface area contributed by atoms with Crippen LogP contribution in [0.4, 0.5) is 0 Å². The van der Waals surface area contributed by atoms with Gasteiger partial charge in [0.1, 0.15) is 0 Å². The lowest BCUT2D eigenvalue weighted by molar-refractivity contribution is -0.132. The van der Waals surface area contributed by atoms with Crippen molar-refractivity contribution in [2.45, 2.75) is 38.8 Å². The van der Waals surface area contributed by atoms with Crippen molar-refractivity contribution in [3.05, 3.63) is 35.4 Å². The number of fused-ring (bicyclic) bond motifs is 1. The van der Waals surface area contributed by atoms with Crippen LogP contribution >= 0.6 is 0 Å². The quantitative estimate of drug-likeness (QED) is 0.447. The van der Waals surface area contributed by atoms with Crippen LogP contribution in [-0.2, 0) is 22.5 Å². The molecule has 0 spiro atoms. The molecule has 1 unspecified atom stereocenters. The number of guanidine groups is 1. The Morgan fingerprint density at radius 3 is 2.84 bits per heavy atom. The fraction of sp³-hybridized carbons (Fsp3) is 0.579. The van der Waals surface area contributed by atoms with Crippen molar-refractivity contribution in [2.24, 2.45) is 4.99 Å². The average Bonchev–Trinajstić information content (AvgIpc) is 2.63. The summed E-state index contributed by atoms with van der Waals surface area (Å²) >= 11 is 0. The first-order valence-corrected chi connectivity index (χ1v) is 8.94. The first kappa shape index (κ1) is 19.2. The van der Waals surface area contributed by atoms with Crippen molar-refractivity contribution in [3.8, 4) is 0 Å². The van der Waals surface area contributed by atoms with Crippen LogP contribution in [-0.4, -0.2) is 56.7 Å². The summed E-state index contributed by atoms with van der Waals surface area (Å²) in [7, 11) is 3.42. The second-order valence-electron chi connectivity index (χ2n) is 6.44. The molecular weight excluding hydrogens is 316 g/mol. The molecule has 6 heteroatoms. The van der Waals surface area contributed by atoms with E-state index < -0.39 is 0 Å². The molecule has 0 saturated heterocycles. The summed E-state index contributed by atoms with van der Waals surface area (Å²) in [5.41, 5.74) is 2.64. The predicted molar refractivity (Wildman–Crippen MR) is 101 cm³/mol. The molecule has 0 bridgehead atoms. The number of nitrogens with one attached hydrogen (secondary N) is 2. The number of aliphatic imine (C=N–C) groups is 1. The van der Waals surface area contributed by atoms with Gasteiger partial charge in [0.25, 0.3) is 0 Å². The highest BCUT2D eigenvalue weighted by atomic mass is 16.5. The second kappa shape index (κ2) is 10.0. The maximum atomic E-state index is 12.4. The molecule has 6 nitrogen and oxygen atoms in total. The number of ether oxygens (including phenoxy) is 1. The summed E-state index contributed by atoms with van der Waals surface area (Å²) in [6.45, 7) is 4.93. The summed E-state index contributed by atoms with van der Waals surface area (Å²) in [4.78, 5) is 18.6. The molecule has 0 radical (unpaired) electrons. The number of rotatable bonds is 7. The molecule has 1 aliphatic rings. The Hall–Kier alpha value is -2.08. The number of hydrogen-bond acceptors (Lipinski definition) is 3. The highest BCUT2D eigenvalue weighted by molar-refractivity contribution is 5.80. The van der Waals surface area contributed by atoms with Crippen LogP contribution in [0.5, 0.6) is 0 Å². The van der Waals surface area contributed by atoms with E-state index in [-0.39, 0.29) is 11.9 Å². The topological polar surface area (TPSA) is 66.0 Å². The summed E-state index contributed by atoms with van der Waals surface area (Å²) in [5.74, 6) is 0.968. The fourth-order valence-electron chi connectivity index (χ4n) is 3.03. The van der Waals surface area contributed by atoms with Gasteiger partial charge in [-0.2, -0.15) is 0 Å². The van der Waals surface area contributed by atoms with Gasteiger partial charge in [0.05, 0.1) is 6.61 Å². The number of amides is 1. The van der Waals surface area contributed by atoms with Crippen LogP contribution in [0.1, 0.15) is 30.9 Å². The van der Waals surface area contributed by atoms with E-state index in [0.717, 1.165) is 38.4 Å². The molecule has 2 rings (SSSR count). The van der Waals surface area contributed by atoms with Crippen molar-refractivity contribution in [2.75, 3.05) is 33.9 Å². The summed E-state index contributed by atoms with van der Waals surface area (Å²) in [6, 6.07) is 8.57. The van der Waals surface area contributed by atoms with Crippen molar-refractivity contribution < 1.29 is 9.53 Å². The van der Waals surface area contributed by atoms with E-state index in [1.54, 1.807) is 14.2 Å². The van der Waals surface area contributed by atoms with Crippen LogP contribution in [0.15, 0.2) is 29.3 Å². The number of methoxy groups -OCH3 is 1. The molecule has 1 heterocycles. The Morgan fingerprint density at radius 1 is 1.36 bits per heavy atom. The molecule has 1 aliphatic heterocycles. The Bertz CT molecular complexity index is 589. The van der Waals surface area contributed by atoms with E-state index in [9.17, 15) is 4.79 Å². The zero-order chi connectivity index (χ0) is 18.1. The van der Waals surface area contributed by atoms with Crippen molar-refractivity contribution in [1.29, 1.82) is 0 Å². The Labute approximate surface area is 150 Å². The lowest BCUT2D eigenvalue weighted by Gasteiger charge is -2.29. The van der Waals surface area contributed by atoms with Crippen molar-refractivity contribution in [3.63, 3.8) is 0 Å². The van der Waals surface area contributed by atoms with Gasteiger partial charge >= 0.3 is 0 Å². The smallest absolute Gasteiger partial charge is 0.222 e. The van der Waals surface area contributed by atoms with Crippen LogP contribution in [0.2, 0.25) is 0 Å². The summed E-state index contributed by atoms with van der Waals surface area (Å²) < 4.78 is 5.10. The minimum Gasteiger partial charge on any atom is -0.383 e. The van der Waals surface area contributed by atoms with Crippen LogP contribution in [0.25, 0.3) is 0 Å². The minimum atomic E-state index is 0.186. The molecule has 138 valence electrons. The second-order valence-corrected chi connectivity index (χ2v) is 6.44. The molecule has 0 aromatic heterocycles. The van der Waals surface area contributed by atoms with Crippen molar-refractivity contribution in [1.82, 2.24) is 15.5 Å². The van der Waals surface area contributed by atoms with E-state index in [4.69, 9.17) is 4.74 Å². The van der Waals surface area contributed by atoms with E-state index in [2.05, 4.69) is 33.8 Å². The number of carbonyl (C=O) groups is 1. The molecule has 25 heavy (non-hydrogen) atoms. The third-order valence-electron chi connectivity index (χ3n) is 4.37. The minimum absolute atomic E-state index is 0.186. The maximum absolute atomic E-state index is 12.4. The molecule has 1 aromatic carbocycles. The molecule has 0 aliphatic carbocycles. The first-order valence-electron chi connectivity index (χ1n) is 8.94. The lowest BCUT2D eigenvalue weighted by atomic mass is 9.99. The van der Waals surface area contributed by atoms with Gasteiger partial charge < -0.3 is 20.3 Å². The van der Waals surface area contributed by atoms with Gasteiger partial charge in [0.2, 0.25) is 5.91 Å². The van der Waals surface area contributed by atoms with Crippen LogP contribution in [0.3, 0.4) is 0 Å². The number of nitrogens with zero attached hydrogens (tertiary/aromatic N) is 2. The predicted octanol–water partition coefficient (Wildman–Crippen LogP) is 1.55. The largest absolute Gasteiger partial charge is 0.383 e. The van der Waals surface area contributed by atoms with Crippen LogP contribution < -0.4 is 10.6 Å². The monoisotopic (exact) mass is 346 g/mol.